The van der Waals surface area contributed by atoms with E-state index in [1.165, 1.54) is 18.4 Å². The summed E-state index contributed by atoms with van der Waals surface area (Å²) in [5.74, 6) is 0.769. The third kappa shape index (κ3) is 4.61. The highest BCUT2D eigenvalue weighted by molar-refractivity contribution is 9.10. The van der Waals surface area contributed by atoms with Gasteiger partial charge < -0.3 is 5.32 Å². The van der Waals surface area contributed by atoms with Crippen molar-refractivity contribution in [2.45, 2.75) is 39.2 Å². The third-order valence-corrected chi connectivity index (χ3v) is 4.04. The van der Waals surface area contributed by atoms with Crippen molar-refractivity contribution < 1.29 is 0 Å². The van der Waals surface area contributed by atoms with Crippen LogP contribution in [0.25, 0.3) is 0 Å². The van der Waals surface area contributed by atoms with Crippen molar-refractivity contribution in [1.29, 1.82) is 0 Å². The highest BCUT2D eigenvalue weighted by atomic mass is 79.9. The highest BCUT2D eigenvalue weighted by Gasteiger charge is 2.15. The summed E-state index contributed by atoms with van der Waals surface area (Å²) in [4.78, 5) is 0. The van der Waals surface area contributed by atoms with Crippen molar-refractivity contribution in [3.8, 4) is 0 Å². The molecule has 0 aromatic heterocycles. The van der Waals surface area contributed by atoms with E-state index in [1.807, 2.05) is 13.1 Å². The van der Waals surface area contributed by atoms with E-state index >= 15 is 0 Å². The van der Waals surface area contributed by atoms with Gasteiger partial charge in [0.05, 0.1) is 0 Å². The summed E-state index contributed by atoms with van der Waals surface area (Å²) >= 11 is 9.60. The first kappa shape index (κ1) is 15.0. The molecule has 0 spiro atoms. The van der Waals surface area contributed by atoms with Crippen molar-refractivity contribution in [3.05, 3.63) is 33.3 Å². The Bertz CT molecular complexity index is 330. The molecule has 0 aliphatic heterocycles. The topological polar surface area (TPSA) is 12.0 Å². The molecule has 0 saturated carbocycles. The molecule has 1 atom stereocenters. The Hall–Kier alpha value is -0.0500. The SMILES string of the molecule is CCC(CC)CC(NC)c1cc(Cl)cc(Br)c1. The molecule has 96 valence electrons. The Kier molecular flexibility index (Phi) is 6.53. The number of benzene rings is 1. The average Bonchev–Trinajstić information content (AvgIpc) is 2.29. The van der Waals surface area contributed by atoms with Crippen molar-refractivity contribution in [2.75, 3.05) is 7.05 Å². The molecule has 3 heteroatoms. The van der Waals surface area contributed by atoms with E-state index in [2.05, 4.69) is 47.2 Å². The zero-order valence-electron chi connectivity index (χ0n) is 10.8. The lowest BCUT2D eigenvalue weighted by atomic mass is 9.91. The minimum Gasteiger partial charge on any atom is -0.313 e. The van der Waals surface area contributed by atoms with E-state index in [4.69, 9.17) is 11.6 Å². The first-order chi connectivity index (χ1) is 8.10. The van der Waals surface area contributed by atoms with Gasteiger partial charge in [0.1, 0.15) is 0 Å². The van der Waals surface area contributed by atoms with Crippen LogP contribution in [-0.4, -0.2) is 7.05 Å². The predicted octanol–water partition coefficient (Wildman–Crippen LogP) is 5.19. The first-order valence-corrected chi connectivity index (χ1v) is 7.41. The standard InChI is InChI=1S/C14H21BrClN/c1-4-10(5-2)6-14(17-3)11-7-12(15)9-13(16)8-11/h7-10,14,17H,4-6H2,1-3H3. The number of nitrogens with one attached hydrogen (secondary N) is 1. The first-order valence-electron chi connectivity index (χ1n) is 6.23. The molecule has 0 saturated heterocycles. The molecule has 1 aromatic rings. The molecule has 0 aliphatic rings. The van der Waals surface area contributed by atoms with Crippen LogP contribution in [0.4, 0.5) is 0 Å². The van der Waals surface area contributed by atoms with Crippen LogP contribution < -0.4 is 5.32 Å². The van der Waals surface area contributed by atoms with E-state index in [-0.39, 0.29) is 0 Å². The summed E-state index contributed by atoms with van der Waals surface area (Å²) in [6.07, 6.45) is 3.63. The minimum absolute atomic E-state index is 0.384. The Labute approximate surface area is 118 Å². The lowest BCUT2D eigenvalue weighted by Gasteiger charge is -2.22. The van der Waals surface area contributed by atoms with Crippen molar-refractivity contribution in [3.63, 3.8) is 0 Å². The maximum absolute atomic E-state index is 6.10. The molecule has 17 heavy (non-hydrogen) atoms. The fourth-order valence-electron chi connectivity index (χ4n) is 2.15. The lowest BCUT2D eigenvalue weighted by Crippen LogP contribution is -2.19. The largest absolute Gasteiger partial charge is 0.313 e. The molecule has 0 fully saturated rings. The van der Waals surface area contributed by atoms with Crippen LogP contribution in [-0.2, 0) is 0 Å². The Morgan fingerprint density at radius 2 is 1.88 bits per heavy atom. The van der Waals surface area contributed by atoms with Crippen LogP contribution in [0.3, 0.4) is 0 Å². The maximum Gasteiger partial charge on any atom is 0.0420 e. The van der Waals surface area contributed by atoms with Crippen LogP contribution in [0.15, 0.2) is 22.7 Å². The molecule has 1 nitrogen and oxygen atoms in total. The van der Waals surface area contributed by atoms with Crippen molar-refractivity contribution >= 4 is 27.5 Å². The second-order valence-corrected chi connectivity index (χ2v) is 5.81. The van der Waals surface area contributed by atoms with Gasteiger partial charge in [0.15, 0.2) is 0 Å². The molecule has 1 N–H and O–H groups in total. The third-order valence-electron chi connectivity index (χ3n) is 3.36. The zero-order chi connectivity index (χ0) is 12.8. The Balaban J connectivity index is 2.85. The normalized spacial score (nSPS) is 13.1. The number of hydrogen-bond donors (Lipinski definition) is 1. The molecule has 0 amide bonds. The van der Waals surface area contributed by atoms with Gasteiger partial charge in [0.2, 0.25) is 0 Å². The maximum atomic E-state index is 6.10. The number of rotatable bonds is 6. The van der Waals surface area contributed by atoms with Gasteiger partial charge in [-0.3, -0.25) is 0 Å². The fourth-order valence-corrected chi connectivity index (χ4v) is 3.04. The summed E-state index contributed by atoms with van der Waals surface area (Å²) in [5.41, 5.74) is 1.26. The molecule has 0 bridgehead atoms. The Morgan fingerprint density at radius 1 is 1.24 bits per heavy atom. The van der Waals surface area contributed by atoms with Gasteiger partial charge in [-0.25, -0.2) is 0 Å². The van der Waals surface area contributed by atoms with E-state index < -0.39 is 0 Å². The van der Waals surface area contributed by atoms with Gasteiger partial charge in [-0.1, -0.05) is 54.2 Å². The summed E-state index contributed by atoms with van der Waals surface area (Å²) in [6.45, 7) is 4.52. The van der Waals surface area contributed by atoms with Gasteiger partial charge in [-0.15, -0.1) is 0 Å². The zero-order valence-corrected chi connectivity index (χ0v) is 13.1. The van der Waals surface area contributed by atoms with Crippen LogP contribution in [0.1, 0.15) is 44.7 Å². The molecular formula is C14H21BrClN. The van der Waals surface area contributed by atoms with Gasteiger partial charge in [-0.05, 0) is 43.1 Å². The average molecular weight is 319 g/mol. The number of hydrogen-bond acceptors (Lipinski definition) is 1. The van der Waals surface area contributed by atoms with E-state index in [0.717, 1.165) is 21.8 Å². The monoisotopic (exact) mass is 317 g/mol. The molecule has 1 rings (SSSR count). The molecule has 0 aliphatic carbocycles. The summed E-state index contributed by atoms with van der Waals surface area (Å²) in [6, 6.07) is 6.51. The van der Waals surface area contributed by atoms with Gasteiger partial charge in [-0.2, -0.15) is 0 Å². The van der Waals surface area contributed by atoms with Crippen LogP contribution in [0.5, 0.6) is 0 Å². The molecule has 0 heterocycles. The Morgan fingerprint density at radius 3 is 2.35 bits per heavy atom. The van der Waals surface area contributed by atoms with Crippen LogP contribution in [0.2, 0.25) is 5.02 Å². The number of halogens is 2. The van der Waals surface area contributed by atoms with E-state index in [1.54, 1.807) is 0 Å². The second-order valence-electron chi connectivity index (χ2n) is 4.46. The predicted molar refractivity (Wildman–Crippen MR) is 79.6 cm³/mol. The summed E-state index contributed by atoms with van der Waals surface area (Å²) in [7, 11) is 2.02. The van der Waals surface area contributed by atoms with E-state index in [0.29, 0.717) is 6.04 Å². The minimum atomic E-state index is 0.384. The van der Waals surface area contributed by atoms with Crippen LogP contribution in [0, 0.1) is 5.92 Å². The lowest BCUT2D eigenvalue weighted by molar-refractivity contribution is 0.385. The summed E-state index contributed by atoms with van der Waals surface area (Å²) < 4.78 is 1.05. The van der Waals surface area contributed by atoms with Crippen LogP contribution >= 0.6 is 27.5 Å². The quantitative estimate of drug-likeness (QED) is 0.761. The van der Waals surface area contributed by atoms with E-state index in [9.17, 15) is 0 Å². The van der Waals surface area contributed by atoms with Crippen molar-refractivity contribution in [2.24, 2.45) is 5.92 Å². The summed E-state index contributed by atoms with van der Waals surface area (Å²) in [5, 5.41) is 4.18. The molecule has 1 unspecified atom stereocenters. The van der Waals surface area contributed by atoms with Gasteiger partial charge in [0, 0.05) is 15.5 Å². The fraction of sp³-hybridized carbons (Fsp3) is 0.571. The second kappa shape index (κ2) is 7.40. The smallest absolute Gasteiger partial charge is 0.0420 e. The van der Waals surface area contributed by atoms with Crippen molar-refractivity contribution in [1.82, 2.24) is 5.32 Å². The highest BCUT2D eigenvalue weighted by Crippen LogP contribution is 2.29. The molecular weight excluding hydrogens is 298 g/mol. The van der Waals surface area contributed by atoms with Gasteiger partial charge >= 0.3 is 0 Å². The van der Waals surface area contributed by atoms with Gasteiger partial charge in [0.25, 0.3) is 0 Å². The molecule has 1 aromatic carbocycles. The molecule has 0 radical (unpaired) electrons.